The van der Waals surface area contributed by atoms with Crippen LogP contribution in [0.3, 0.4) is 0 Å². The van der Waals surface area contributed by atoms with E-state index in [-0.39, 0.29) is 4.75 Å². The third kappa shape index (κ3) is 3.27. The summed E-state index contributed by atoms with van der Waals surface area (Å²) in [5.41, 5.74) is 6.05. The van der Waals surface area contributed by atoms with Crippen LogP contribution in [0.1, 0.15) is 32.6 Å². The van der Waals surface area contributed by atoms with Crippen LogP contribution in [-0.2, 0) is 0 Å². The summed E-state index contributed by atoms with van der Waals surface area (Å²) in [6.07, 6.45) is 5.12. The van der Waals surface area contributed by atoms with E-state index in [1.165, 1.54) is 35.1 Å². The van der Waals surface area contributed by atoms with Gasteiger partial charge >= 0.3 is 0 Å². The Hall–Kier alpha value is 0.01000. The lowest BCUT2D eigenvalue weighted by molar-refractivity contribution is 0.323. The van der Waals surface area contributed by atoms with Gasteiger partial charge < -0.3 is 5.73 Å². The molecule has 0 aliphatic heterocycles. The molecule has 2 rings (SSSR count). The first-order valence-corrected chi connectivity index (χ1v) is 7.90. The van der Waals surface area contributed by atoms with Crippen LogP contribution in [0, 0.1) is 5.92 Å². The quantitative estimate of drug-likeness (QED) is 0.892. The fraction of sp³-hybridized carbons (Fsp3) is 0.571. The molecule has 1 aliphatic carbocycles. The van der Waals surface area contributed by atoms with Crippen molar-refractivity contribution in [3.8, 4) is 0 Å². The molecule has 1 aromatic carbocycles. The predicted octanol–water partition coefficient (Wildman–Crippen LogP) is 4.45. The number of rotatable bonds is 3. The van der Waals surface area contributed by atoms with Gasteiger partial charge in [-0.05, 0) is 59.7 Å². The highest BCUT2D eigenvalue weighted by atomic mass is 79.9. The monoisotopic (exact) mass is 313 g/mol. The van der Waals surface area contributed by atoms with Crippen molar-refractivity contribution in [2.24, 2.45) is 11.7 Å². The SMILES string of the molecule is CC1CCC(CN)(Sc2ccccc2Br)CC1. The Bertz CT molecular complexity index is 372. The zero-order valence-electron chi connectivity index (χ0n) is 10.3. The molecule has 0 heterocycles. The highest BCUT2D eigenvalue weighted by Crippen LogP contribution is 2.46. The summed E-state index contributed by atoms with van der Waals surface area (Å²) in [5, 5.41) is 0. The zero-order valence-corrected chi connectivity index (χ0v) is 12.7. The van der Waals surface area contributed by atoms with Gasteiger partial charge in [0.1, 0.15) is 0 Å². The standard InChI is InChI=1S/C14H20BrNS/c1-11-6-8-14(10-16,9-7-11)17-13-5-3-2-4-12(13)15/h2-5,11H,6-10,16H2,1H3. The van der Waals surface area contributed by atoms with E-state index in [1.54, 1.807) is 0 Å². The molecule has 94 valence electrons. The molecule has 1 aromatic rings. The molecule has 2 N–H and O–H groups in total. The number of halogens is 1. The highest BCUT2D eigenvalue weighted by Gasteiger charge is 2.34. The minimum absolute atomic E-state index is 0.260. The van der Waals surface area contributed by atoms with Crippen LogP contribution in [-0.4, -0.2) is 11.3 Å². The Kier molecular flexibility index (Phi) is 4.56. The number of hydrogen-bond acceptors (Lipinski definition) is 2. The number of nitrogens with two attached hydrogens (primary N) is 1. The topological polar surface area (TPSA) is 26.0 Å². The second kappa shape index (κ2) is 5.77. The van der Waals surface area contributed by atoms with Crippen LogP contribution in [0.2, 0.25) is 0 Å². The van der Waals surface area contributed by atoms with Gasteiger partial charge in [-0.15, -0.1) is 11.8 Å². The molecule has 1 nitrogen and oxygen atoms in total. The van der Waals surface area contributed by atoms with E-state index >= 15 is 0 Å². The predicted molar refractivity (Wildman–Crippen MR) is 79.4 cm³/mol. The van der Waals surface area contributed by atoms with Crippen LogP contribution in [0.25, 0.3) is 0 Å². The summed E-state index contributed by atoms with van der Waals surface area (Å²) < 4.78 is 1.45. The Morgan fingerprint density at radius 1 is 1.35 bits per heavy atom. The number of hydrogen-bond donors (Lipinski definition) is 1. The first kappa shape index (κ1) is 13.4. The summed E-state index contributed by atoms with van der Waals surface area (Å²) in [7, 11) is 0. The summed E-state index contributed by atoms with van der Waals surface area (Å²) in [5.74, 6) is 0.870. The molecule has 0 bridgehead atoms. The summed E-state index contributed by atoms with van der Waals surface area (Å²) in [4.78, 5) is 1.33. The van der Waals surface area contributed by atoms with Crippen LogP contribution in [0.15, 0.2) is 33.6 Å². The average Bonchev–Trinajstić information content (AvgIpc) is 2.35. The van der Waals surface area contributed by atoms with E-state index < -0.39 is 0 Å². The summed E-state index contributed by atoms with van der Waals surface area (Å²) >= 11 is 5.60. The van der Waals surface area contributed by atoms with Gasteiger partial charge in [0, 0.05) is 20.7 Å². The van der Waals surface area contributed by atoms with Gasteiger partial charge in [0.05, 0.1) is 0 Å². The molecule has 0 aromatic heterocycles. The molecule has 1 saturated carbocycles. The van der Waals surface area contributed by atoms with Gasteiger partial charge in [0.25, 0.3) is 0 Å². The minimum Gasteiger partial charge on any atom is -0.329 e. The van der Waals surface area contributed by atoms with Gasteiger partial charge in [0.2, 0.25) is 0 Å². The molecule has 17 heavy (non-hydrogen) atoms. The van der Waals surface area contributed by atoms with Crippen LogP contribution >= 0.6 is 27.7 Å². The molecule has 3 heteroatoms. The molecular formula is C14H20BrNS. The molecule has 0 amide bonds. The van der Waals surface area contributed by atoms with Crippen molar-refractivity contribution in [2.75, 3.05) is 6.54 Å². The molecule has 0 atom stereocenters. The van der Waals surface area contributed by atoms with Gasteiger partial charge in [-0.2, -0.15) is 0 Å². The van der Waals surface area contributed by atoms with Crippen molar-refractivity contribution in [1.29, 1.82) is 0 Å². The third-order valence-corrected chi connectivity index (χ3v) is 6.26. The smallest absolute Gasteiger partial charge is 0.0330 e. The van der Waals surface area contributed by atoms with Gasteiger partial charge in [-0.1, -0.05) is 19.1 Å². The molecule has 1 fully saturated rings. The molecule has 0 spiro atoms. The van der Waals surface area contributed by atoms with E-state index in [1.807, 2.05) is 11.8 Å². The second-order valence-electron chi connectivity index (χ2n) is 5.10. The molecular weight excluding hydrogens is 294 g/mol. The fourth-order valence-electron chi connectivity index (χ4n) is 2.40. The van der Waals surface area contributed by atoms with Crippen molar-refractivity contribution >= 4 is 27.7 Å². The normalized spacial score (nSPS) is 29.2. The Morgan fingerprint density at radius 2 is 2.00 bits per heavy atom. The second-order valence-corrected chi connectivity index (χ2v) is 7.47. The van der Waals surface area contributed by atoms with E-state index in [0.717, 1.165) is 12.5 Å². The van der Waals surface area contributed by atoms with E-state index in [4.69, 9.17) is 5.73 Å². The maximum Gasteiger partial charge on any atom is 0.0330 e. The van der Waals surface area contributed by atoms with Crippen molar-refractivity contribution in [2.45, 2.75) is 42.2 Å². The fourth-order valence-corrected chi connectivity index (χ4v) is 4.23. The Labute approximate surface area is 117 Å². The number of benzene rings is 1. The molecule has 0 radical (unpaired) electrons. The van der Waals surface area contributed by atoms with E-state index in [0.29, 0.717) is 0 Å². The van der Waals surface area contributed by atoms with E-state index in [9.17, 15) is 0 Å². The molecule has 1 aliphatic rings. The Morgan fingerprint density at radius 3 is 2.59 bits per heavy atom. The van der Waals surface area contributed by atoms with Crippen molar-refractivity contribution in [3.05, 3.63) is 28.7 Å². The lowest BCUT2D eigenvalue weighted by Gasteiger charge is -2.38. The molecule has 0 unspecified atom stereocenters. The average molecular weight is 314 g/mol. The summed E-state index contributed by atoms with van der Waals surface area (Å²) in [6.45, 7) is 3.13. The van der Waals surface area contributed by atoms with Crippen LogP contribution in [0.4, 0.5) is 0 Å². The molecule has 0 saturated heterocycles. The highest BCUT2D eigenvalue weighted by molar-refractivity contribution is 9.10. The largest absolute Gasteiger partial charge is 0.329 e. The zero-order chi connectivity index (χ0) is 12.3. The van der Waals surface area contributed by atoms with E-state index in [2.05, 4.69) is 47.1 Å². The first-order valence-electron chi connectivity index (χ1n) is 6.29. The first-order chi connectivity index (χ1) is 8.15. The maximum absolute atomic E-state index is 6.05. The lowest BCUT2D eigenvalue weighted by Crippen LogP contribution is -2.38. The van der Waals surface area contributed by atoms with Crippen LogP contribution in [0.5, 0.6) is 0 Å². The lowest BCUT2D eigenvalue weighted by atomic mass is 9.82. The summed E-state index contributed by atoms with van der Waals surface area (Å²) in [6, 6.07) is 8.46. The van der Waals surface area contributed by atoms with Crippen LogP contribution < -0.4 is 5.73 Å². The number of thioether (sulfide) groups is 1. The maximum atomic E-state index is 6.05. The van der Waals surface area contributed by atoms with Gasteiger partial charge in [-0.25, -0.2) is 0 Å². The minimum atomic E-state index is 0.260. The van der Waals surface area contributed by atoms with Crippen molar-refractivity contribution in [3.63, 3.8) is 0 Å². The van der Waals surface area contributed by atoms with Gasteiger partial charge in [0.15, 0.2) is 0 Å². The van der Waals surface area contributed by atoms with Crippen molar-refractivity contribution in [1.82, 2.24) is 0 Å². The van der Waals surface area contributed by atoms with Gasteiger partial charge in [-0.3, -0.25) is 0 Å². The third-order valence-electron chi connectivity index (χ3n) is 3.72. The Balaban J connectivity index is 2.12. The van der Waals surface area contributed by atoms with Crippen molar-refractivity contribution < 1.29 is 0 Å².